The Morgan fingerprint density at radius 3 is 2.31 bits per heavy atom. The number of carbonyl (C=O) groups is 1. The van der Waals surface area contributed by atoms with Crippen molar-refractivity contribution in [2.24, 2.45) is 5.73 Å². The van der Waals surface area contributed by atoms with E-state index in [1.165, 1.54) is 11.8 Å². The minimum atomic E-state index is -0.488. The molecule has 0 bridgehead atoms. The van der Waals surface area contributed by atoms with Crippen LogP contribution < -0.4 is 16.0 Å². The minimum absolute atomic E-state index is 0.149. The fourth-order valence-electron chi connectivity index (χ4n) is 4.26. The van der Waals surface area contributed by atoms with Crippen LogP contribution in [0.25, 0.3) is 10.9 Å². The molecule has 0 saturated heterocycles. The first-order chi connectivity index (χ1) is 17.0. The predicted octanol–water partition coefficient (Wildman–Crippen LogP) is 5.00. The van der Waals surface area contributed by atoms with E-state index >= 15 is 0 Å². The van der Waals surface area contributed by atoms with E-state index in [2.05, 4.69) is 4.90 Å². The van der Waals surface area contributed by atoms with Crippen molar-refractivity contribution in [3.63, 3.8) is 0 Å². The lowest BCUT2D eigenvalue weighted by molar-refractivity contribution is -0.114. The zero-order valence-electron chi connectivity index (χ0n) is 19.3. The Bertz CT molecular complexity index is 1470. The van der Waals surface area contributed by atoms with Gasteiger partial charge in [-0.25, -0.2) is 0 Å². The molecule has 1 aliphatic rings. The van der Waals surface area contributed by atoms with Crippen LogP contribution in [0.2, 0.25) is 0 Å². The lowest BCUT2D eigenvalue weighted by atomic mass is 10.2. The molecule has 35 heavy (non-hydrogen) atoms. The summed E-state index contributed by atoms with van der Waals surface area (Å²) in [6, 6.07) is 29.0. The first-order valence-electron chi connectivity index (χ1n) is 11.3. The number of ether oxygens (including phenoxy) is 1. The first-order valence-corrected chi connectivity index (χ1v) is 12.2. The van der Waals surface area contributed by atoms with Crippen LogP contribution in [-0.4, -0.2) is 15.4 Å². The summed E-state index contributed by atoms with van der Waals surface area (Å²) in [5, 5.41) is 0.876. The molecule has 0 aliphatic carbocycles. The lowest BCUT2D eigenvalue weighted by Gasteiger charge is -2.30. The molecule has 1 unspecified atom stereocenters. The summed E-state index contributed by atoms with van der Waals surface area (Å²) in [4.78, 5) is 27.9. The molecule has 176 valence electrons. The molecule has 7 heteroatoms. The zero-order valence-corrected chi connectivity index (χ0v) is 20.1. The Morgan fingerprint density at radius 1 is 0.943 bits per heavy atom. The van der Waals surface area contributed by atoms with E-state index in [0.29, 0.717) is 18.1 Å². The van der Waals surface area contributed by atoms with Crippen molar-refractivity contribution < 1.29 is 9.53 Å². The van der Waals surface area contributed by atoms with Crippen LogP contribution in [-0.2, 0) is 17.9 Å². The van der Waals surface area contributed by atoms with Crippen LogP contribution in [0.15, 0.2) is 106 Å². The van der Waals surface area contributed by atoms with E-state index in [1.807, 2.05) is 85.8 Å². The van der Waals surface area contributed by atoms with Gasteiger partial charge in [-0.1, -0.05) is 72.4 Å². The van der Waals surface area contributed by atoms with E-state index < -0.39 is 11.4 Å². The highest BCUT2D eigenvalue weighted by Crippen LogP contribution is 2.45. The number of amides is 1. The second-order valence-corrected chi connectivity index (χ2v) is 9.44. The van der Waals surface area contributed by atoms with Gasteiger partial charge in [-0.05, 0) is 42.3 Å². The molecule has 1 aliphatic heterocycles. The maximum absolute atomic E-state index is 13.2. The standard InChI is InChI=1S/C28H25N3O3S/c1-19-26(27(29)33)35-28(30(19)17-20-8-4-2-5-9-20)31-24-14-13-23(16-22(24)12-15-25(31)32)34-18-21-10-6-3-7-11-21/h2-16,28H,17-18H2,1H3,(H2,29,33). The molecule has 4 aromatic rings. The first kappa shape index (κ1) is 22.8. The van der Waals surface area contributed by atoms with Crippen LogP contribution in [0.1, 0.15) is 23.5 Å². The number of aromatic nitrogens is 1. The third-order valence-electron chi connectivity index (χ3n) is 6.04. The maximum atomic E-state index is 13.2. The Morgan fingerprint density at radius 2 is 1.63 bits per heavy atom. The molecule has 3 aromatic carbocycles. The van der Waals surface area contributed by atoms with Crippen LogP contribution in [0.3, 0.4) is 0 Å². The third kappa shape index (κ3) is 4.68. The molecule has 0 spiro atoms. The monoisotopic (exact) mass is 483 g/mol. The van der Waals surface area contributed by atoms with Crippen molar-refractivity contribution in [3.8, 4) is 5.75 Å². The van der Waals surface area contributed by atoms with Crippen molar-refractivity contribution in [2.45, 2.75) is 25.6 Å². The number of pyridine rings is 1. The number of nitrogens with zero attached hydrogens (tertiary/aromatic N) is 2. The SMILES string of the molecule is CC1=C(C(N)=O)SC(n2c(=O)ccc3cc(OCc4ccccc4)ccc32)N1Cc1ccccc1. The summed E-state index contributed by atoms with van der Waals surface area (Å²) in [5.74, 6) is 0.233. The van der Waals surface area contributed by atoms with Gasteiger partial charge in [0.05, 0.1) is 10.4 Å². The van der Waals surface area contributed by atoms with Crippen molar-refractivity contribution in [1.82, 2.24) is 9.47 Å². The van der Waals surface area contributed by atoms with Gasteiger partial charge in [0.15, 0.2) is 5.50 Å². The molecular weight excluding hydrogens is 458 g/mol. The van der Waals surface area contributed by atoms with E-state index in [-0.39, 0.29) is 5.56 Å². The van der Waals surface area contributed by atoms with Gasteiger partial charge in [0.1, 0.15) is 12.4 Å². The van der Waals surface area contributed by atoms with Gasteiger partial charge in [0.25, 0.3) is 11.5 Å². The van der Waals surface area contributed by atoms with Crippen LogP contribution in [0.4, 0.5) is 0 Å². The van der Waals surface area contributed by atoms with Gasteiger partial charge in [-0.2, -0.15) is 0 Å². The Labute approximate surface area is 207 Å². The van der Waals surface area contributed by atoms with Crippen LogP contribution >= 0.6 is 11.8 Å². The lowest BCUT2D eigenvalue weighted by Crippen LogP contribution is -2.32. The van der Waals surface area contributed by atoms with E-state index in [4.69, 9.17) is 10.5 Å². The number of fused-ring (bicyclic) bond motifs is 1. The van der Waals surface area contributed by atoms with Crippen molar-refractivity contribution >= 4 is 28.6 Å². The molecule has 0 radical (unpaired) electrons. The van der Waals surface area contributed by atoms with E-state index in [1.54, 1.807) is 16.7 Å². The molecule has 6 nitrogen and oxygen atoms in total. The normalized spacial score (nSPS) is 15.6. The highest BCUT2D eigenvalue weighted by Gasteiger charge is 2.35. The Kier molecular flexibility index (Phi) is 6.33. The van der Waals surface area contributed by atoms with Crippen molar-refractivity contribution in [2.75, 3.05) is 0 Å². The number of benzene rings is 3. The summed E-state index contributed by atoms with van der Waals surface area (Å²) in [7, 11) is 0. The summed E-state index contributed by atoms with van der Waals surface area (Å²) in [5.41, 5.74) is 8.79. The van der Waals surface area contributed by atoms with Gasteiger partial charge in [0.2, 0.25) is 0 Å². The third-order valence-corrected chi connectivity index (χ3v) is 7.45. The van der Waals surface area contributed by atoms with Crippen molar-refractivity contribution in [3.05, 3.63) is 123 Å². The number of rotatable bonds is 7. The highest BCUT2D eigenvalue weighted by atomic mass is 32.2. The van der Waals surface area contributed by atoms with Crippen molar-refractivity contribution in [1.29, 1.82) is 0 Å². The molecular formula is C28H25N3O3S. The molecule has 2 heterocycles. The number of nitrogens with two attached hydrogens (primary N) is 1. The number of thioether (sulfide) groups is 1. The summed E-state index contributed by atoms with van der Waals surface area (Å²) >= 11 is 1.31. The smallest absolute Gasteiger partial charge is 0.257 e. The predicted molar refractivity (Wildman–Crippen MR) is 139 cm³/mol. The Hall–Kier alpha value is -3.97. The van der Waals surface area contributed by atoms with Gasteiger partial charge < -0.3 is 15.4 Å². The number of primary amides is 1. The molecule has 1 aromatic heterocycles. The summed E-state index contributed by atoms with van der Waals surface area (Å²) < 4.78 is 7.71. The molecule has 1 atom stereocenters. The molecule has 0 saturated carbocycles. The topological polar surface area (TPSA) is 77.6 Å². The number of hydrogen-bond donors (Lipinski definition) is 1. The van der Waals surface area contributed by atoms with Gasteiger partial charge in [-0.3, -0.25) is 14.2 Å². The highest BCUT2D eigenvalue weighted by molar-refractivity contribution is 8.04. The molecule has 1 amide bonds. The fourth-order valence-corrected chi connectivity index (χ4v) is 5.56. The number of hydrogen-bond acceptors (Lipinski definition) is 5. The molecule has 0 fully saturated rings. The van der Waals surface area contributed by atoms with Crippen LogP contribution in [0.5, 0.6) is 5.75 Å². The second-order valence-electron chi connectivity index (χ2n) is 8.37. The molecule has 5 rings (SSSR count). The summed E-state index contributed by atoms with van der Waals surface area (Å²) in [6.07, 6.45) is 0. The van der Waals surface area contributed by atoms with Gasteiger partial charge in [0, 0.05) is 23.7 Å². The molecule has 2 N–H and O–H groups in total. The summed E-state index contributed by atoms with van der Waals surface area (Å²) in [6.45, 7) is 2.88. The average molecular weight is 484 g/mol. The number of allylic oxidation sites excluding steroid dienone is 1. The maximum Gasteiger partial charge on any atom is 0.257 e. The van der Waals surface area contributed by atoms with Crippen LogP contribution in [0, 0.1) is 0 Å². The van der Waals surface area contributed by atoms with Gasteiger partial charge in [-0.15, -0.1) is 0 Å². The number of carbonyl (C=O) groups excluding carboxylic acids is 1. The van der Waals surface area contributed by atoms with Gasteiger partial charge >= 0.3 is 0 Å². The van der Waals surface area contributed by atoms with E-state index in [9.17, 15) is 9.59 Å². The largest absolute Gasteiger partial charge is 0.489 e. The zero-order chi connectivity index (χ0) is 24.4. The second kappa shape index (κ2) is 9.72. The Balaban J connectivity index is 1.51. The van der Waals surface area contributed by atoms with E-state index in [0.717, 1.165) is 33.5 Å². The minimum Gasteiger partial charge on any atom is -0.489 e. The fraction of sp³-hybridized carbons (Fsp3) is 0.143. The average Bonchev–Trinajstić information content (AvgIpc) is 3.19. The quantitative estimate of drug-likeness (QED) is 0.400.